The molecule has 0 nitrogen and oxygen atoms in total. The highest BCUT2D eigenvalue weighted by atomic mass is 79.9. The highest BCUT2D eigenvalue weighted by molar-refractivity contribution is 9.10. The van der Waals surface area contributed by atoms with Gasteiger partial charge < -0.3 is 0 Å². The Balaban J connectivity index is 2.08. The van der Waals surface area contributed by atoms with E-state index in [-0.39, 0.29) is 0 Å². The van der Waals surface area contributed by atoms with Crippen LogP contribution >= 0.6 is 15.9 Å². The average molecular weight is 295 g/mol. The Kier molecular flexibility index (Phi) is 2.12. The van der Waals surface area contributed by atoms with Gasteiger partial charge in [0.25, 0.3) is 0 Å². The van der Waals surface area contributed by atoms with Crippen LogP contribution in [0, 0.1) is 0 Å². The third kappa shape index (κ3) is 1.37. The topological polar surface area (TPSA) is 0 Å². The summed E-state index contributed by atoms with van der Waals surface area (Å²) in [4.78, 5) is 0. The second kappa shape index (κ2) is 3.69. The Morgan fingerprint density at radius 2 is 1.72 bits per heavy atom. The van der Waals surface area contributed by atoms with Crippen LogP contribution < -0.4 is 0 Å². The van der Waals surface area contributed by atoms with Gasteiger partial charge in [-0.05, 0) is 51.6 Å². The minimum absolute atomic E-state index is 1.05. The first-order valence-corrected chi connectivity index (χ1v) is 6.92. The molecule has 0 heterocycles. The molecule has 0 unspecified atom stereocenters. The van der Waals surface area contributed by atoms with Gasteiger partial charge >= 0.3 is 0 Å². The molecule has 0 saturated heterocycles. The molecule has 3 aromatic rings. The lowest BCUT2D eigenvalue weighted by molar-refractivity contribution is 1.28. The van der Waals surface area contributed by atoms with Gasteiger partial charge in [0.2, 0.25) is 0 Å². The molecule has 0 bridgehead atoms. The van der Waals surface area contributed by atoms with E-state index >= 15 is 0 Å². The van der Waals surface area contributed by atoms with Crippen LogP contribution in [0.25, 0.3) is 21.9 Å². The Labute approximate surface area is 114 Å². The molecule has 86 valence electrons. The maximum atomic E-state index is 3.57. The molecule has 0 N–H and O–H groups in total. The highest BCUT2D eigenvalue weighted by Crippen LogP contribution is 2.41. The maximum Gasteiger partial charge on any atom is 0.0181 e. The summed E-state index contributed by atoms with van der Waals surface area (Å²) in [6, 6.07) is 19.7. The molecule has 0 aromatic heterocycles. The van der Waals surface area contributed by atoms with Gasteiger partial charge in [0.05, 0.1) is 0 Å². The smallest absolute Gasteiger partial charge is 0.0181 e. The normalized spacial score (nSPS) is 12.5. The van der Waals surface area contributed by atoms with E-state index in [1.54, 1.807) is 0 Å². The summed E-state index contributed by atoms with van der Waals surface area (Å²) in [5.41, 5.74) is 5.68. The Hall–Kier alpha value is -1.60. The zero-order valence-electron chi connectivity index (χ0n) is 9.78. The van der Waals surface area contributed by atoms with Crippen molar-refractivity contribution >= 4 is 26.7 Å². The number of rotatable bonds is 0. The molecule has 0 aliphatic heterocycles. The monoisotopic (exact) mass is 294 g/mol. The summed E-state index contributed by atoms with van der Waals surface area (Å²) in [6.07, 6.45) is 1.05. The number of hydrogen-bond donors (Lipinski definition) is 0. The van der Waals surface area contributed by atoms with E-state index in [2.05, 4.69) is 70.5 Å². The van der Waals surface area contributed by atoms with E-state index in [1.165, 1.54) is 33.0 Å². The Bertz CT molecular complexity index is 772. The van der Waals surface area contributed by atoms with Crippen LogP contribution in [0.15, 0.2) is 59.1 Å². The minimum Gasteiger partial charge on any atom is -0.0616 e. The zero-order valence-corrected chi connectivity index (χ0v) is 11.4. The SMILES string of the molecule is Brc1ccc2c(c1)-c1ccc3ccccc3c1C2. The summed E-state index contributed by atoms with van der Waals surface area (Å²) in [6.45, 7) is 0. The van der Waals surface area contributed by atoms with E-state index in [0.717, 1.165) is 10.9 Å². The first-order chi connectivity index (χ1) is 8.83. The van der Waals surface area contributed by atoms with Crippen LogP contribution in [-0.4, -0.2) is 0 Å². The molecule has 3 aromatic carbocycles. The van der Waals surface area contributed by atoms with Gasteiger partial charge in [-0.3, -0.25) is 0 Å². The van der Waals surface area contributed by atoms with Gasteiger partial charge in [0.1, 0.15) is 0 Å². The standard InChI is InChI=1S/C17H11Br/c18-13-7-5-12-9-17-14-4-2-1-3-11(14)6-8-15(17)16(12)10-13/h1-8,10H,9H2. The van der Waals surface area contributed by atoms with Crippen molar-refractivity contribution in [2.24, 2.45) is 0 Å². The number of benzene rings is 3. The minimum atomic E-state index is 1.05. The molecule has 0 spiro atoms. The lowest BCUT2D eigenvalue weighted by Gasteiger charge is -2.05. The summed E-state index contributed by atoms with van der Waals surface area (Å²) < 4.78 is 1.15. The summed E-state index contributed by atoms with van der Waals surface area (Å²) in [5.74, 6) is 0. The van der Waals surface area contributed by atoms with Gasteiger partial charge in [-0.2, -0.15) is 0 Å². The molecule has 0 amide bonds. The van der Waals surface area contributed by atoms with E-state index < -0.39 is 0 Å². The van der Waals surface area contributed by atoms with Crippen LogP contribution in [0.3, 0.4) is 0 Å². The van der Waals surface area contributed by atoms with Gasteiger partial charge in [-0.1, -0.05) is 58.4 Å². The van der Waals surface area contributed by atoms with E-state index in [9.17, 15) is 0 Å². The molecule has 1 aliphatic carbocycles. The fourth-order valence-corrected chi connectivity index (χ4v) is 3.28. The van der Waals surface area contributed by atoms with Crippen molar-refractivity contribution in [2.45, 2.75) is 6.42 Å². The molecule has 18 heavy (non-hydrogen) atoms. The average Bonchev–Trinajstić information content (AvgIpc) is 2.77. The van der Waals surface area contributed by atoms with Gasteiger partial charge in [0, 0.05) is 4.47 Å². The fourth-order valence-electron chi connectivity index (χ4n) is 2.92. The quantitative estimate of drug-likeness (QED) is 0.419. The maximum absolute atomic E-state index is 3.57. The third-order valence-electron chi connectivity index (χ3n) is 3.77. The van der Waals surface area contributed by atoms with Crippen molar-refractivity contribution in [3.05, 3.63) is 70.2 Å². The second-order valence-corrected chi connectivity index (χ2v) is 5.71. The second-order valence-electron chi connectivity index (χ2n) is 4.79. The van der Waals surface area contributed by atoms with Crippen molar-refractivity contribution in [3.8, 4) is 11.1 Å². The largest absolute Gasteiger partial charge is 0.0616 e. The predicted octanol–water partition coefficient (Wildman–Crippen LogP) is 5.17. The molecular weight excluding hydrogens is 284 g/mol. The first kappa shape index (κ1) is 10.3. The fraction of sp³-hybridized carbons (Fsp3) is 0.0588. The van der Waals surface area contributed by atoms with Crippen molar-refractivity contribution in [2.75, 3.05) is 0 Å². The predicted molar refractivity (Wildman–Crippen MR) is 79.9 cm³/mol. The number of hydrogen-bond acceptors (Lipinski definition) is 0. The lowest BCUT2D eigenvalue weighted by Crippen LogP contribution is -1.83. The van der Waals surface area contributed by atoms with Gasteiger partial charge in [0.15, 0.2) is 0 Å². The summed E-state index contributed by atoms with van der Waals surface area (Å²) >= 11 is 3.57. The summed E-state index contributed by atoms with van der Waals surface area (Å²) in [5, 5.41) is 2.73. The molecule has 1 heteroatoms. The Morgan fingerprint density at radius 1 is 0.833 bits per heavy atom. The molecule has 0 atom stereocenters. The first-order valence-electron chi connectivity index (χ1n) is 6.12. The summed E-state index contributed by atoms with van der Waals surface area (Å²) in [7, 11) is 0. The van der Waals surface area contributed by atoms with Crippen LogP contribution in [-0.2, 0) is 6.42 Å². The molecule has 0 radical (unpaired) electrons. The molecule has 1 aliphatic rings. The molecular formula is C17H11Br. The van der Waals surface area contributed by atoms with Gasteiger partial charge in [-0.25, -0.2) is 0 Å². The van der Waals surface area contributed by atoms with Gasteiger partial charge in [-0.15, -0.1) is 0 Å². The van der Waals surface area contributed by atoms with Crippen LogP contribution in [0.5, 0.6) is 0 Å². The van der Waals surface area contributed by atoms with Crippen LogP contribution in [0.4, 0.5) is 0 Å². The zero-order chi connectivity index (χ0) is 12.1. The van der Waals surface area contributed by atoms with Crippen molar-refractivity contribution in [1.82, 2.24) is 0 Å². The third-order valence-corrected chi connectivity index (χ3v) is 4.26. The number of fused-ring (bicyclic) bond motifs is 5. The molecule has 0 fully saturated rings. The van der Waals surface area contributed by atoms with Crippen LogP contribution in [0.1, 0.15) is 11.1 Å². The lowest BCUT2D eigenvalue weighted by atomic mass is 9.99. The molecule has 0 saturated carbocycles. The highest BCUT2D eigenvalue weighted by Gasteiger charge is 2.20. The van der Waals surface area contributed by atoms with Crippen molar-refractivity contribution in [3.63, 3.8) is 0 Å². The van der Waals surface area contributed by atoms with Crippen molar-refractivity contribution in [1.29, 1.82) is 0 Å². The van der Waals surface area contributed by atoms with E-state index in [0.29, 0.717) is 0 Å². The van der Waals surface area contributed by atoms with Crippen LogP contribution in [0.2, 0.25) is 0 Å². The van der Waals surface area contributed by atoms with E-state index in [1.807, 2.05) is 0 Å². The molecule has 4 rings (SSSR count). The van der Waals surface area contributed by atoms with Crippen molar-refractivity contribution < 1.29 is 0 Å². The number of halogens is 1. The van der Waals surface area contributed by atoms with E-state index in [4.69, 9.17) is 0 Å². The Morgan fingerprint density at radius 3 is 2.67 bits per heavy atom.